The molecule has 0 bridgehead atoms. The fraction of sp³-hybridized carbons (Fsp3) is 0.500. The Kier molecular flexibility index (Phi) is 30.1. The molecule has 13 heavy (non-hydrogen) atoms. The van der Waals surface area contributed by atoms with Gasteiger partial charge in [0.25, 0.3) is 17.9 Å². The Bertz CT molecular complexity index is 115. The molecule has 0 unspecified atom stereocenters. The number of hydrogen-bond donors (Lipinski definition) is 3. The molecule has 6 nitrogen and oxygen atoms in total. The fourth-order valence-corrected chi connectivity index (χ4v) is 0. The smallest absolute Gasteiger partial charge is 0.300 e. The number of carboxylic acids is 3. The van der Waals surface area contributed by atoms with Crippen LogP contribution in [0.25, 0.3) is 0 Å². The summed E-state index contributed by atoms with van der Waals surface area (Å²) in [5.74, 6) is -2.50. The van der Waals surface area contributed by atoms with E-state index in [1.165, 1.54) is 0 Å². The first kappa shape index (κ1) is 22.7. The van der Waals surface area contributed by atoms with E-state index < -0.39 is 17.9 Å². The molecule has 0 aliphatic heterocycles. The van der Waals surface area contributed by atoms with Crippen molar-refractivity contribution in [2.24, 2.45) is 0 Å². The van der Waals surface area contributed by atoms with Gasteiger partial charge in [-0.25, -0.2) is 0 Å². The van der Waals surface area contributed by atoms with Crippen molar-refractivity contribution in [3.8, 4) is 0 Å². The van der Waals surface area contributed by atoms with Crippen LogP contribution in [0.2, 0.25) is 0 Å². The average molecular weight is 287 g/mol. The summed E-state index contributed by atoms with van der Waals surface area (Å²) in [5.41, 5.74) is 0. The number of carbonyl (C=O) groups is 3. The first-order valence-electron chi connectivity index (χ1n) is 2.78. The van der Waals surface area contributed by atoms with E-state index in [0.717, 1.165) is 20.8 Å². The van der Waals surface area contributed by atoms with Crippen molar-refractivity contribution in [1.82, 2.24) is 0 Å². The van der Waals surface area contributed by atoms with Gasteiger partial charge in [0.15, 0.2) is 0 Å². The van der Waals surface area contributed by atoms with Gasteiger partial charge in [-0.05, 0) is 0 Å². The Hall–Kier alpha value is -0.928. The van der Waals surface area contributed by atoms with Crippen LogP contribution >= 0.6 is 0 Å². The monoisotopic (exact) mass is 286 g/mol. The topological polar surface area (TPSA) is 112 Å². The normalized spacial score (nSPS) is 5.77. The number of aliphatic carboxylic acids is 3. The van der Waals surface area contributed by atoms with Crippen molar-refractivity contribution in [3.63, 3.8) is 0 Å². The van der Waals surface area contributed by atoms with Gasteiger partial charge < -0.3 is 15.3 Å². The zero-order valence-electron chi connectivity index (χ0n) is 7.38. The van der Waals surface area contributed by atoms with E-state index in [2.05, 4.69) is 0 Å². The van der Waals surface area contributed by atoms with E-state index in [1.54, 1.807) is 0 Å². The standard InChI is InChI=1S/3C2H4O2.Pd/c3*1-2(3)4;/h3*1H3,(H,3,4);. The number of hydrogen-bond acceptors (Lipinski definition) is 3. The van der Waals surface area contributed by atoms with Crippen molar-refractivity contribution in [1.29, 1.82) is 0 Å². The number of rotatable bonds is 0. The quantitative estimate of drug-likeness (QED) is 0.551. The molecule has 0 amide bonds. The third-order valence-electron chi connectivity index (χ3n) is 0. The van der Waals surface area contributed by atoms with Crippen LogP contribution in [0.15, 0.2) is 0 Å². The van der Waals surface area contributed by atoms with Gasteiger partial charge in [0.1, 0.15) is 0 Å². The van der Waals surface area contributed by atoms with Crippen molar-refractivity contribution >= 4 is 17.9 Å². The van der Waals surface area contributed by atoms with Gasteiger partial charge in [0.2, 0.25) is 0 Å². The Balaban J connectivity index is -0.0000000450. The summed E-state index contributed by atoms with van der Waals surface area (Å²) < 4.78 is 0. The Morgan fingerprint density at radius 1 is 0.692 bits per heavy atom. The molecule has 0 aliphatic carbocycles. The number of carboxylic acid groups (broad SMARTS) is 3. The van der Waals surface area contributed by atoms with Crippen LogP contribution in [0.4, 0.5) is 0 Å². The predicted molar refractivity (Wildman–Crippen MR) is 39.9 cm³/mol. The molecule has 0 aromatic rings. The molecular weight excluding hydrogens is 274 g/mol. The first-order chi connectivity index (χ1) is 5.20. The van der Waals surface area contributed by atoms with E-state index >= 15 is 0 Å². The van der Waals surface area contributed by atoms with Gasteiger partial charge in [-0.15, -0.1) is 0 Å². The second-order valence-electron chi connectivity index (χ2n) is 1.56. The van der Waals surface area contributed by atoms with E-state index in [0.29, 0.717) is 0 Å². The van der Waals surface area contributed by atoms with Crippen LogP contribution in [0.5, 0.6) is 0 Å². The molecule has 0 saturated carbocycles. The SMILES string of the molecule is CC(=O)O.CC(=O)O.CC(=O)O.[Pd]. The zero-order valence-corrected chi connectivity index (χ0v) is 8.94. The molecule has 0 aromatic heterocycles. The van der Waals surface area contributed by atoms with Gasteiger partial charge in [-0.2, -0.15) is 0 Å². The molecule has 0 aliphatic rings. The van der Waals surface area contributed by atoms with Crippen molar-refractivity contribution in [2.45, 2.75) is 20.8 Å². The van der Waals surface area contributed by atoms with Crippen molar-refractivity contribution in [2.75, 3.05) is 0 Å². The molecule has 82 valence electrons. The predicted octanol–water partition coefficient (Wildman–Crippen LogP) is 0.270. The molecule has 3 N–H and O–H groups in total. The van der Waals surface area contributed by atoms with Crippen molar-refractivity contribution < 1.29 is 50.1 Å². The van der Waals surface area contributed by atoms with Gasteiger partial charge in [-0.3, -0.25) is 14.4 Å². The average Bonchev–Trinajstić information content (AvgIpc) is 1.54. The van der Waals surface area contributed by atoms with Crippen LogP contribution in [0.3, 0.4) is 0 Å². The Labute approximate surface area is 89.2 Å². The summed E-state index contributed by atoms with van der Waals surface area (Å²) in [5, 5.41) is 22.2. The van der Waals surface area contributed by atoms with Gasteiger partial charge in [0.05, 0.1) is 0 Å². The van der Waals surface area contributed by atoms with Gasteiger partial charge in [0, 0.05) is 41.2 Å². The molecule has 0 aromatic carbocycles. The van der Waals surface area contributed by atoms with E-state index in [-0.39, 0.29) is 20.4 Å². The summed E-state index contributed by atoms with van der Waals surface area (Å²) in [6.07, 6.45) is 0. The molecule has 0 spiro atoms. The minimum Gasteiger partial charge on any atom is -0.481 e. The fourth-order valence-electron chi connectivity index (χ4n) is 0. The second kappa shape index (κ2) is 17.2. The molecule has 0 saturated heterocycles. The second-order valence-corrected chi connectivity index (χ2v) is 1.56. The molecule has 0 rings (SSSR count). The maximum Gasteiger partial charge on any atom is 0.300 e. The third-order valence-corrected chi connectivity index (χ3v) is 0. The molecule has 0 heterocycles. The summed E-state index contributed by atoms with van der Waals surface area (Å²) in [4.78, 5) is 27.0. The Morgan fingerprint density at radius 3 is 0.692 bits per heavy atom. The molecule has 0 atom stereocenters. The zero-order chi connectivity index (χ0) is 10.7. The first-order valence-corrected chi connectivity index (χ1v) is 2.78. The summed E-state index contributed by atoms with van der Waals surface area (Å²) in [6, 6.07) is 0. The molecule has 7 heteroatoms. The maximum absolute atomic E-state index is 9.00. The summed E-state index contributed by atoms with van der Waals surface area (Å²) in [6.45, 7) is 3.25. The summed E-state index contributed by atoms with van der Waals surface area (Å²) >= 11 is 0. The van der Waals surface area contributed by atoms with E-state index in [1.807, 2.05) is 0 Å². The largest absolute Gasteiger partial charge is 0.481 e. The maximum atomic E-state index is 9.00. The minimum atomic E-state index is -0.833. The minimum absolute atomic E-state index is 0. The van der Waals surface area contributed by atoms with Crippen LogP contribution < -0.4 is 0 Å². The molecular formula is C6H12O6Pd. The van der Waals surface area contributed by atoms with Crippen LogP contribution in [0.1, 0.15) is 20.8 Å². The molecule has 0 fully saturated rings. The Morgan fingerprint density at radius 2 is 0.692 bits per heavy atom. The van der Waals surface area contributed by atoms with Crippen LogP contribution in [-0.2, 0) is 34.8 Å². The van der Waals surface area contributed by atoms with Gasteiger partial charge in [-0.1, -0.05) is 0 Å². The van der Waals surface area contributed by atoms with E-state index in [4.69, 9.17) is 29.7 Å². The van der Waals surface area contributed by atoms with Crippen LogP contribution in [0, 0.1) is 0 Å². The van der Waals surface area contributed by atoms with Crippen molar-refractivity contribution in [3.05, 3.63) is 0 Å². The molecule has 0 radical (unpaired) electrons. The van der Waals surface area contributed by atoms with E-state index in [9.17, 15) is 0 Å². The third kappa shape index (κ3) is 1060. The summed E-state index contributed by atoms with van der Waals surface area (Å²) in [7, 11) is 0. The van der Waals surface area contributed by atoms with Gasteiger partial charge >= 0.3 is 0 Å². The van der Waals surface area contributed by atoms with Crippen LogP contribution in [-0.4, -0.2) is 33.2 Å².